The summed E-state index contributed by atoms with van der Waals surface area (Å²) in [5, 5.41) is 8.96. The maximum atomic E-state index is 6.51. The highest BCUT2D eigenvalue weighted by Crippen LogP contribution is 2.23. The van der Waals surface area contributed by atoms with Crippen LogP contribution in [-0.2, 0) is 0 Å². The molecule has 0 nitrogen and oxygen atoms in total. The van der Waals surface area contributed by atoms with Gasteiger partial charge in [-0.2, -0.15) is 0 Å². The molecule has 0 saturated carbocycles. The summed E-state index contributed by atoms with van der Waals surface area (Å²) in [6, 6.07) is 20.6. The highest BCUT2D eigenvalue weighted by molar-refractivity contribution is 6.86. The van der Waals surface area contributed by atoms with Crippen LogP contribution in [0.25, 0.3) is 21.5 Å². The summed E-state index contributed by atoms with van der Waals surface area (Å²) in [6.45, 7) is 4.56. The average molecular weight is 420 g/mol. The third kappa shape index (κ3) is 3.75. The monoisotopic (exact) mass is 418 g/mol. The fourth-order valence-corrected chi connectivity index (χ4v) is 11.6. The van der Waals surface area contributed by atoms with Gasteiger partial charge in [0, 0.05) is 11.0 Å². The Morgan fingerprint density at radius 2 is 0.923 bits per heavy atom. The molecule has 3 aromatic carbocycles. The summed E-state index contributed by atoms with van der Waals surface area (Å²) in [5.41, 5.74) is 1.62. The number of benzene rings is 3. The summed E-state index contributed by atoms with van der Waals surface area (Å²) >= 11 is 13.0. The first-order valence-corrected chi connectivity index (χ1v) is 15.3. The Bertz CT molecular complexity index is 750. The molecule has 3 rings (SSSR count). The molecule has 0 saturated heterocycles. The number of alkyl halides is 2. The third-order valence-electron chi connectivity index (χ3n) is 5.48. The zero-order valence-corrected chi connectivity index (χ0v) is 19.6. The van der Waals surface area contributed by atoms with E-state index in [2.05, 4.69) is 62.4 Å². The molecule has 138 valence electrons. The number of hydrogen-bond acceptors (Lipinski definition) is 0. The molecule has 0 fully saturated rings. The van der Waals surface area contributed by atoms with Gasteiger partial charge in [-0.05, 0) is 31.9 Å². The van der Waals surface area contributed by atoms with Gasteiger partial charge in [0.2, 0.25) is 0 Å². The second-order valence-corrected chi connectivity index (χ2v) is 14.8. The van der Waals surface area contributed by atoms with Crippen molar-refractivity contribution in [1.29, 1.82) is 0 Å². The van der Waals surface area contributed by atoms with Gasteiger partial charge in [0.1, 0.15) is 0 Å². The minimum Gasteiger partial charge on any atom is -0.130 e. The smallest absolute Gasteiger partial charge is 0.0883 e. The predicted molar refractivity (Wildman–Crippen MR) is 127 cm³/mol. The highest BCUT2D eigenvalue weighted by atomic mass is 35.5. The maximum absolute atomic E-state index is 6.51. The summed E-state index contributed by atoms with van der Waals surface area (Å²) in [4.78, 5) is 0. The zero-order valence-electron chi connectivity index (χ0n) is 15.8. The zero-order chi connectivity index (χ0) is 18.5. The Balaban J connectivity index is 2.42. The van der Waals surface area contributed by atoms with E-state index in [9.17, 15) is 0 Å². The molecule has 0 N–H and O–H groups in total. The van der Waals surface area contributed by atoms with Crippen LogP contribution in [0.3, 0.4) is 0 Å². The van der Waals surface area contributed by atoms with Crippen molar-refractivity contribution >= 4 is 72.7 Å². The van der Waals surface area contributed by atoms with Crippen LogP contribution in [0.5, 0.6) is 0 Å². The van der Waals surface area contributed by atoms with Gasteiger partial charge in [-0.25, -0.2) is 0 Å². The van der Waals surface area contributed by atoms with Gasteiger partial charge >= 0.3 is 0 Å². The van der Waals surface area contributed by atoms with Crippen LogP contribution < -0.4 is 10.4 Å². The van der Waals surface area contributed by atoms with E-state index in [1.54, 1.807) is 10.4 Å². The van der Waals surface area contributed by atoms with Crippen LogP contribution in [0.15, 0.2) is 48.5 Å². The van der Waals surface area contributed by atoms with E-state index >= 15 is 0 Å². The molecular weight excluding hydrogens is 391 g/mol. The molecule has 0 bridgehead atoms. The van der Waals surface area contributed by atoms with Crippen molar-refractivity contribution in [2.75, 3.05) is 11.0 Å². The largest absolute Gasteiger partial charge is 0.130 e. The summed E-state index contributed by atoms with van der Waals surface area (Å²) < 4.78 is 0. The van der Waals surface area contributed by atoms with Gasteiger partial charge in [0.15, 0.2) is 0 Å². The fraction of sp³-hybridized carbons (Fsp3) is 0.364. The molecule has 0 aliphatic rings. The SMILES string of the molecule is CCC[SiH](CCl)c1c2ccccc2c([SiH](CCl)CCC)c2ccccc12. The first kappa shape index (κ1) is 19.9. The lowest BCUT2D eigenvalue weighted by atomic mass is 10.0. The molecule has 0 spiro atoms. The quantitative estimate of drug-likeness (QED) is 0.266. The highest BCUT2D eigenvalue weighted by Gasteiger charge is 2.24. The Hall–Kier alpha value is -0.806. The maximum Gasteiger partial charge on any atom is 0.0883 e. The van der Waals surface area contributed by atoms with Crippen LogP contribution in [-0.4, -0.2) is 28.6 Å². The Morgan fingerprint density at radius 3 is 1.15 bits per heavy atom. The van der Waals surface area contributed by atoms with Crippen LogP contribution in [0.2, 0.25) is 12.1 Å². The standard InChI is InChI=1S/C22H28Cl2Si2/c1-3-13-25(15-23)21-17-9-5-7-11-19(17)22(26(16-24)14-4-2)20-12-8-6-10-18(20)21/h5-12,25-26H,3-4,13-16H2,1-2H3. The van der Waals surface area contributed by atoms with Crippen molar-refractivity contribution < 1.29 is 0 Å². The lowest BCUT2D eigenvalue weighted by Crippen LogP contribution is -2.39. The summed E-state index contributed by atoms with van der Waals surface area (Å²) in [6.07, 6.45) is 2.42. The van der Waals surface area contributed by atoms with Crippen LogP contribution >= 0.6 is 23.2 Å². The first-order chi connectivity index (χ1) is 12.8. The minimum absolute atomic E-state index is 0.812. The Morgan fingerprint density at radius 1 is 0.615 bits per heavy atom. The van der Waals surface area contributed by atoms with E-state index in [0.717, 1.165) is 11.0 Å². The fourth-order valence-electron chi connectivity index (χ4n) is 4.37. The van der Waals surface area contributed by atoms with E-state index in [1.807, 2.05) is 0 Å². The van der Waals surface area contributed by atoms with Crippen molar-refractivity contribution in [2.24, 2.45) is 0 Å². The Labute approximate surface area is 170 Å². The summed E-state index contributed by atoms with van der Waals surface area (Å²) in [7, 11) is -2.40. The van der Waals surface area contributed by atoms with E-state index in [0.29, 0.717) is 0 Å². The van der Waals surface area contributed by atoms with Crippen molar-refractivity contribution in [3.63, 3.8) is 0 Å². The lowest BCUT2D eigenvalue weighted by molar-refractivity contribution is 1.07. The van der Waals surface area contributed by atoms with E-state index < -0.39 is 17.6 Å². The van der Waals surface area contributed by atoms with Crippen molar-refractivity contribution in [3.05, 3.63) is 48.5 Å². The van der Waals surface area contributed by atoms with Gasteiger partial charge in [0.25, 0.3) is 0 Å². The lowest BCUT2D eigenvalue weighted by Gasteiger charge is -2.24. The van der Waals surface area contributed by atoms with Crippen LogP contribution in [0.4, 0.5) is 0 Å². The normalized spacial score (nSPS) is 14.0. The molecule has 0 radical (unpaired) electrons. The van der Waals surface area contributed by atoms with Gasteiger partial charge in [0.05, 0.1) is 17.6 Å². The predicted octanol–water partition coefficient (Wildman–Crippen LogP) is 5.24. The van der Waals surface area contributed by atoms with Crippen molar-refractivity contribution in [3.8, 4) is 0 Å². The molecule has 3 aromatic rings. The van der Waals surface area contributed by atoms with E-state index in [-0.39, 0.29) is 0 Å². The number of fused-ring (bicyclic) bond motifs is 2. The molecular formula is C22H28Cl2Si2. The van der Waals surface area contributed by atoms with E-state index in [4.69, 9.17) is 23.2 Å². The molecule has 2 unspecified atom stereocenters. The number of hydrogen-bond donors (Lipinski definition) is 0. The van der Waals surface area contributed by atoms with E-state index in [1.165, 1.54) is 46.5 Å². The minimum atomic E-state index is -1.20. The molecule has 2 atom stereocenters. The second-order valence-electron chi connectivity index (χ2n) is 7.20. The first-order valence-electron chi connectivity index (χ1n) is 9.81. The molecule has 4 heteroatoms. The molecule has 0 heterocycles. The second kappa shape index (κ2) is 9.41. The van der Waals surface area contributed by atoms with Crippen LogP contribution in [0, 0.1) is 0 Å². The third-order valence-corrected chi connectivity index (χ3v) is 13.9. The topological polar surface area (TPSA) is 0 Å². The Kier molecular flexibility index (Phi) is 7.22. The van der Waals surface area contributed by atoms with Gasteiger partial charge in [-0.15, -0.1) is 23.2 Å². The van der Waals surface area contributed by atoms with Gasteiger partial charge in [-0.1, -0.05) is 87.3 Å². The van der Waals surface area contributed by atoms with Gasteiger partial charge in [-0.3, -0.25) is 0 Å². The molecule has 0 amide bonds. The number of halogens is 2. The average Bonchev–Trinajstić information content (AvgIpc) is 2.69. The molecule has 0 aliphatic heterocycles. The van der Waals surface area contributed by atoms with Crippen LogP contribution in [0.1, 0.15) is 26.7 Å². The number of rotatable bonds is 8. The molecule has 0 aromatic heterocycles. The molecule has 0 aliphatic carbocycles. The summed E-state index contributed by atoms with van der Waals surface area (Å²) in [5.74, 6) is 0. The van der Waals surface area contributed by atoms with Gasteiger partial charge < -0.3 is 0 Å². The van der Waals surface area contributed by atoms with Crippen molar-refractivity contribution in [1.82, 2.24) is 0 Å². The molecule has 26 heavy (non-hydrogen) atoms. The van der Waals surface area contributed by atoms with Crippen molar-refractivity contribution in [2.45, 2.75) is 38.8 Å².